The maximum atomic E-state index is 13.2. The fourth-order valence-electron chi connectivity index (χ4n) is 2.14. The zero-order valence-corrected chi connectivity index (χ0v) is 11.7. The van der Waals surface area contributed by atoms with Crippen LogP contribution in [0.2, 0.25) is 5.02 Å². The maximum absolute atomic E-state index is 13.2. The second-order valence-corrected chi connectivity index (χ2v) is 5.00. The summed E-state index contributed by atoms with van der Waals surface area (Å²) in [5, 5.41) is 4.55. The standard InChI is InChI=1S/C16H11ClF2N2/c17-13-5-3-10(16-12(13)2-1-7-20-16)9-21-11-4-6-14(18)15(19)8-11/h1-8,21H,9H2. The van der Waals surface area contributed by atoms with E-state index < -0.39 is 11.6 Å². The Hall–Kier alpha value is -2.20. The van der Waals surface area contributed by atoms with E-state index in [1.165, 1.54) is 6.07 Å². The lowest BCUT2D eigenvalue weighted by atomic mass is 10.1. The Morgan fingerprint density at radius 3 is 2.71 bits per heavy atom. The van der Waals surface area contributed by atoms with Crippen LogP contribution in [0.15, 0.2) is 48.7 Å². The first kappa shape index (κ1) is 13.8. The fraction of sp³-hybridized carbons (Fsp3) is 0.0625. The molecule has 5 heteroatoms. The van der Waals surface area contributed by atoms with Gasteiger partial charge in [-0.25, -0.2) is 8.78 Å². The van der Waals surface area contributed by atoms with Crippen LogP contribution >= 0.6 is 11.6 Å². The van der Waals surface area contributed by atoms with E-state index in [1.807, 2.05) is 18.2 Å². The van der Waals surface area contributed by atoms with E-state index in [0.29, 0.717) is 17.3 Å². The predicted molar refractivity (Wildman–Crippen MR) is 80.4 cm³/mol. The zero-order chi connectivity index (χ0) is 14.8. The molecule has 0 unspecified atom stereocenters. The van der Waals surface area contributed by atoms with Gasteiger partial charge in [0.15, 0.2) is 11.6 Å². The van der Waals surface area contributed by atoms with Crippen molar-refractivity contribution in [1.29, 1.82) is 0 Å². The first-order valence-electron chi connectivity index (χ1n) is 6.36. The normalized spacial score (nSPS) is 10.8. The molecule has 1 aromatic heterocycles. The highest BCUT2D eigenvalue weighted by molar-refractivity contribution is 6.35. The quantitative estimate of drug-likeness (QED) is 0.753. The van der Waals surface area contributed by atoms with E-state index in [9.17, 15) is 8.78 Å². The van der Waals surface area contributed by atoms with Gasteiger partial charge in [0.05, 0.1) is 5.52 Å². The minimum Gasteiger partial charge on any atom is -0.381 e. The van der Waals surface area contributed by atoms with Crippen LogP contribution in [-0.4, -0.2) is 4.98 Å². The largest absolute Gasteiger partial charge is 0.381 e. The summed E-state index contributed by atoms with van der Waals surface area (Å²) < 4.78 is 26.1. The summed E-state index contributed by atoms with van der Waals surface area (Å²) in [6.45, 7) is 0.440. The number of aromatic nitrogens is 1. The van der Waals surface area contributed by atoms with Crippen LogP contribution in [0.3, 0.4) is 0 Å². The number of hydrogen-bond donors (Lipinski definition) is 1. The highest BCUT2D eigenvalue weighted by Gasteiger charge is 2.07. The highest BCUT2D eigenvalue weighted by atomic mass is 35.5. The molecule has 1 heterocycles. The number of rotatable bonds is 3. The lowest BCUT2D eigenvalue weighted by Crippen LogP contribution is -2.01. The Morgan fingerprint density at radius 2 is 1.90 bits per heavy atom. The molecule has 0 bridgehead atoms. The summed E-state index contributed by atoms with van der Waals surface area (Å²) in [4.78, 5) is 4.33. The molecule has 0 amide bonds. The molecule has 0 saturated heterocycles. The number of nitrogens with zero attached hydrogens (tertiary/aromatic N) is 1. The Labute approximate surface area is 125 Å². The van der Waals surface area contributed by atoms with Gasteiger partial charge >= 0.3 is 0 Å². The van der Waals surface area contributed by atoms with Crippen LogP contribution in [0.1, 0.15) is 5.56 Å². The van der Waals surface area contributed by atoms with Gasteiger partial charge in [-0.15, -0.1) is 0 Å². The number of fused-ring (bicyclic) bond motifs is 1. The minimum absolute atomic E-state index is 0.440. The average Bonchev–Trinajstić information content (AvgIpc) is 2.50. The van der Waals surface area contributed by atoms with Crippen LogP contribution in [0, 0.1) is 11.6 Å². The lowest BCUT2D eigenvalue weighted by molar-refractivity contribution is 0.509. The molecule has 0 radical (unpaired) electrons. The maximum Gasteiger partial charge on any atom is 0.160 e. The SMILES string of the molecule is Fc1ccc(NCc2ccc(Cl)c3cccnc23)cc1F. The average molecular weight is 305 g/mol. The van der Waals surface area contributed by atoms with Crippen LogP contribution < -0.4 is 5.32 Å². The molecular weight excluding hydrogens is 294 g/mol. The summed E-state index contributed by atoms with van der Waals surface area (Å²) in [5.74, 6) is -1.74. The molecule has 0 aliphatic rings. The van der Waals surface area contributed by atoms with E-state index >= 15 is 0 Å². The molecule has 2 aromatic carbocycles. The van der Waals surface area contributed by atoms with Gasteiger partial charge in [-0.1, -0.05) is 17.7 Å². The first-order valence-corrected chi connectivity index (χ1v) is 6.74. The zero-order valence-electron chi connectivity index (χ0n) is 10.9. The summed E-state index contributed by atoms with van der Waals surface area (Å²) >= 11 is 6.13. The van der Waals surface area contributed by atoms with Gasteiger partial charge in [-0.05, 0) is 35.9 Å². The lowest BCUT2D eigenvalue weighted by Gasteiger charge is -2.10. The molecule has 106 valence electrons. The number of halogens is 3. The number of hydrogen-bond acceptors (Lipinski definition) is 2. The monoisotopic (exact) mass is 304 g/mol. The van der Waals surface area contributed by atoms with Crippen molar-refractivity contribution in [3.05, 3.63) is 70.9 Å². The van der Waals surface area contributed by atoms with Crippen molar-refractivity contribution in [2.45, 2.75) is 6.54 Å². The summed E-state index contributed by atoms with van der Waals surface area (Å²) in [5.41, 5.74) is 2.23. The molecule has 21 heavy (non-hydrogen) atoms. The number of pyridine rings is 1. The second kappa shape index (κ2) is 5.66. The summed E-state index contributed by atoms with van der Waals surface area (Å²) in [6, 6.07) is 11.1. The van der Waals surface area contributed by atoms with Gasteiger partial charge in [0.1, 0.15) is 0 Å². The van der Waals surface area contributed by atoms with Gasteiger partial charge in [0.25, 0.3) is 0 Å². The third kappa shape index (κ3) is 2.81. The van der Waals surface area contributed by atoms with Crippen LogP contribution in [-0.2, 0) is 6.54 Å². The molecular formula is C16H11ClF2N2. The molecule has 0 spiro atoms. The number of benzene rings is 2. The second-order valence-electron chi connectivity index (χ2n) is 4.59. The third-order valence-electron chi connectivity index (χ3n) is 3.20. The van der Waals surface area contributed by atoms with Crippen molar-refractivity contribution in [2.75, 3.05) is 5.32 Å². The molecule has 0 aliphatic heterocycles. The molecule has 0 saturated carbocycles. The van der Waals surface area contributed by atoms with E-state index in [4.69, 9.17) is 11.6 Å². The van der Waals surface area contributed by atoms with Crippen molar-refractivity contribution in [3.63, 3.8) is 0 Å². The predicted octanol–water partition coefficient (Wildman–Crippen LogP) is 4.78. The molecule has 1 N–H and O–H groups in total. The van der Waals surface area contributed by atoms with E-state index in [1.54, 1.807) is 12.3 Å². The van der Waals surface area contributed by atoms with Crippen LogP contribution in [0.4, 0.5) is 14.5 Å². The van der Waals surface area contributed by atoms with Crippen molar-refractivity contribution < 1.29 is 8.78 Å². The first-order chi connectivity index (χ1) is 10.1. The summed E-state index contributed by atoms with van der Waals surface area (Å²) in [6.07, 6.45) is 1.69. The highest BCUT2D eigenvalue weighted by Crippen LogP contribution is 2.25. The van der Waals surface area contributed by atoms with Crippen molar-refractivity contribution >= 4 is 28.2 Å². The van der Waals surface area contributed by atoms with Gasteiger partial charge < -0.3 is 5.32 Å². The number of nitrogens with one attached hydrogen (secondary N) is 1. The smallest absolute Gasteiger partial charge is 0.160 e. The van der Waals surface area contributed by atoms with E-state index in [-0.39, 0.29) is 0 Å². The Kier molecular flexibility index (Phi) is 3.71. The van der Waals surface area contributed by atoms with E-state index in [2.05, 4.69) is 10.3 Å². The number of anilines is 1. The summed E-state index contributed by atoms with van der Waals surface area (Å²) in [7, 11) is 0. The fourth-order valence-corrected chi connectivity index (χ4v) is 2.36. The molecule has 0 atom stereocenters. The van der Waals surface area contributed by atoms with E-state index in [0.717, 1.165) is 28.6 Å². The third-order valence-corrected chi connectivity index (χ3v) is 3.53. The molecule has 0 aliphatic carbocycles. The van der Waals surface area contributed by atoms with Crippen LogP contribution in [0.25, 0.3) is 10.9 Å². The van der Waals surface area contributed by atoms with Gasteiger partial charge in [-0.2, -0.15) is 0 Å². The van der Waals surface area contributed by atoms with Gasteiger partial charge in [0.2, 0.25) is 0 Å². The van der Waals surface area contributed by atoms with Gasteiger partial charge in [0, 0.05) is 34.9 Å². The van der Waals surface area contributed by atoms with Gasteiger partial charge in [-0.3, -0.25) is 4.98 Å². The topological polar surface area (TPSA) is 24.9 Å². The molecule has 3 rings (SSSR count). The Morgan fingerprint density at radius 1 is 1.05 bits per heavy atom. The molecule has 3 aromatic rings. The Bertz CT molecular complexity index is 805. The minimum atomic E-state index is -0.876. The molecule has 2 nitrogen and oxygen atoms in total. The van der Waals surface area contributed by atoms with Crippen molar-refractivity contribution in [1.82, 2.24) is 4.98 Å². The van der Waals surface area contributed by atoms with Crippen molar-refractivity contribution in [2.24, 2.45) is 0 Å². The van der Waals surface area contributed by atoms with Crippen LogP contribution in [0.5, 0.6) is 0 Å². The Balaban J connectivity index is 1.88. The van der Waals surface area contributed by atoms with Crippen molar-refractivity contribution in [3.8, 4) is 0 Å². The molecule has 0 fully saturated rings.